The highest BCUT2D eigenvalue weighted by Gasteiger charge is 2.44. The third-order valence-electron chi connectivity index (χ3n) is 9.74. The van der Waals surface area contributed by atoms with Gasteiger partial charge in [-0.25, -0.2) is 4.79 Å². The molecule has 0 aromatic heterocycles. The highest BCUT2D eigenvalue weighted by atomic mass is 16.6. The number of amides is 3. The summed E-state index contributed by atoms with van der Waals surface area (Å²) in [5, 5.41) is 10.0. The predicted molar refractivity (Wildman–Crippen MR) is 181 cm³/mol. The summed E-state index contributed by atoms with van der Waals surface area (Å²) in [6.45, 7) is 14.8. The first-order valence-corrected chi connectivity index (χ1v) is 17.8. The molecule has 1 aliphatic heterocycles. The molecule has 4 rings (SSSR count). The highest BCUT2D eigenvalue weighted by Crippen LogP contribution is 2.36. The van der Waals surface area contributed by atoms with E-state index in [1.807, 2.05) is 57.7 Å². The molecule has 2 saturated carbocycles. The number of carbonyl (C=O) groups excluding carboxylic acids is 3. The van der Waals surface area contributed by atoms with Crippen LogP contribution in [0.3, 0.4) is 0 Å². The largest absolute Gasteiger partial charge is 0.493 e. The summed E-state index contributed by atoms with van der Waals surface area (Å²) in [6.07, 6.45) is 5.63. The van der Waals surface area contributed by atoms with E-state index in [1.165, 1.54) is 0 Å². The standard InChI is InChI=1S/C37H59N3O7/c1-8-26-10-11-28(20-33(26)46-19-9-18-45-7)35(43)39(25(2)3)23-29-21-38(36(44)47-37(4,5)6)22-30(29)24-40(31-14-15-31)34(42)27-12-16-32(41)17-13-27/h10-11,20,25,27,29-32,41H,8-9,12-19,21-24H2,1-7H3/t27-,29-,30-,32-/m0/s1. The molecule has 0 bridgehead atoms. The Hall–Kier alpha value is -2.85. The number of aliphatic hydroxyl groups is 1. The van der Waals surface area contributed by atoms with E-state index >= 15 is 0 Å². The molecular formula is C37H59N3O7. The molecule has 1 heterocycles. The first-order chi connectivity index (χ1) is 22.3. The number of hydrogen-bond donors (Lipinski definition) is 1. The van der Waals surface area contributed by atoms with Crippen LogP contribution in [0.4, 0.5) is 4.79 Å². The van der Waals surface area contributed by atoms with Gasteiger partial charge in [0.1, 0.15) is 11.4 Å². The van der Waals surface area contributed by atoms with Crippen molar-refractivity contribution >= 4 is 17.9 Å². The number of methoxy groups -OCH3 is 1. The van der Waals surface area contributed by atoms with E-state index < -0.39 is 5.60 Å². The maximum Gasteiger partial charge on any atom is 0.410 e. The summed E-state index contributed by atoms with van der Waals surface area (Å²) >= 11 is 0. The van der Waals surface area contributed by atoms with Gasteiger partial charge in [0.25, 0.3) is 5.91 Å². The van der Waals surface area contributed by atoms with E-state index in [9.17, 15) is 19.5 Å². The van der Waals surface area contributed by atoms with Crippen molar-refractivity contribution in [1.29, 1.82) is 0 Å². The maximum atomic E-state index is 14.2. The zero-order valence-corrected chi connectivity index (χ0v) is 29.8. The lowest BCUT2D eigenvalue weighted by Gasteiger charge is -2.35. The molecular weight excluding hydrogens is 598 g/mol. The number of ether oxygens (including phenoxy) is 3. The normalized spacial score (nSPS) is 23.1. The predicted octanol–water partition coefficient (Wildman–Crippen LogP) is 5.54. The monoisotopic (exact) mass is 657 g/mol. The summed E-state index contributed by atoms with van der Waals surface area (Å²) in [5.41, 5.74) is 1.00. The van der Waals surface area contributed by atoms with Crippen molar-refractivity contribution in [2.24, 2.45) is 17.8 Å². The zero-order valence-electron chi connectivity index (χ0n) is 29.8. The van der Waals surface area contributed by atoms with Crippen LogP contribution >= 0.6 is 0 Å². The fraction of sp³-hybridized carbons (Fsp3) is 0.757. The van der Waals surface area contributed by atoms with Gasteiger partial charge in [-0.3, -0.25) is 9.59 Å². The van der Waals surface area contributed by atoms with Gasteiger partial charge in [-0.2, -0.15) is 0 Å². The number of aliphatic hydroxyl groups excluding tert-OH is 1. The van der Waals surface area contributed by atoms with Gasteiger partial charge in [0.2, 0.25) is 5.91 Å². The average molecular weight is 658 g/mol. The Morgan fingerprint density at radius 1 is 0.979 bits per heavy atom. The van der Waals surface area contributed by atoms with Gasteiger partial charge < -0.3 is 34.0 Å². The Bertz CT molecular complexity index is 1200. The molecule has 3 aliphatic rings. The van der Waals surface area contributed by atoms with Crippen LogP contribution in [0.5, 0.6) is 5.75 Å². The molecule has 2 aliphatic carbocycles. The molecule has 47 heavy (non-hydrogen) atoms. The van der Waals surface area contributed by atoms with E-state index in [0.29, 0.717) is 70.6 Å². The Morgan fingerprint density at radius 2 is 1.64 bits per heavy atom. The average Bonchev–Trinajstić information content (AvgIpc) is 3.79. The fourth-order valence-corrected chi connectivity index (χ4v) is 6.89. The molecule has 10 heteroatoms. The van der Waals surface area contributed by atoms with Gasteiger partial charge >= 0.3 is 6.09 Å². The third-order valence-corrected chi connectivity index (χ3v) is 9.74. The van der Waals surface area contributed by atoms with Crippen LogP contribution in [0.15, 0.2) is 18.2 Å². The molecule has 1 saturated heterocycles. The van der Waals surface area contributed by atoms with Crippen LogP contribution in [-0.4, -0.2) is 108 Å². The molecule has 3 amide bonds. The number of aryl methyl sites for hydroxylation is 1. The van der Waals surface area contributed by atoms with E-state index in [-0.39, 0.29) is 53.8 Å². The Morgan fingerprint density at radius 3 is 2.21 bits per heavy atom. The first kappa shape index (κ1) is 37.0. The van der Waals surface area contributed by atoms with Gasteiger partial charge in [-0.15, -0.1) is 0 Å². The van der Waals surface area contributed by atoms with Crippen LogP contribution in [-0.2, 0) is 20.7 Å². The summed E-state index contributed by atoms with van der Waals surface area (Å²) in [6, 6.07) is 5.87. The second kappa shape index (κ2) is 16.5. The van der Waals surface area contributed by atoms with Crippen molar-refractivity contribution in [1.82, 2.24) is 14.7 Å². The molecule has 10 nitrogen and oxygen atoms in total. The minimum atomic E-state index is -0.625. The van der Waals surface area contributed by atoms with Gasteiger partial charge in [0, 0.05) is 81.7 Å². The SMILES string of the molecule is CCc1ccc(C(=O)N(C[C@@H]2CN(C(=O)OC(C)(C)C)C[C@H]2CN(C(=O)[C@H]2CC[C@H](O)CC2)C2CC2)C(C)C)cc1OCCCOC. The lowest BCUT2D eigenvalue weighted by molar-refractivity contribution is -0.138. The molecule has 1 N–H and O–H groups in total. The highest BCUT2D eigenvalue weighted by molar-refractivity contribution is 5.95. The Labute approximate surface area is 282 Å². The van der Waals surface area contributed by atoms with E-state index in [0.717, 1.165) is 37.0 Å². The molecule has 1 aromatic carbocycles. The molecule has 0 unspecified atom stereocenters. The Balaban J connectivity index is 1.55. The van der Waals surface area contributed by atoms with Crippen molar-refractivity contribution < 1.29 is 33.7 Å². The molecule has 0 radical (unpaired) electrons. The van der Waals surface area contributed by atoms with Crippen LogP contribution < -0.4 is 4.74 Å². The molecule has 2 atom stereocenters. The molecule has 264 valence electrons. The fourth-order valence-electron chi connectivity index (χ4n) is 6.89. The second-order valence-electron chi connectivity index (χ2n) is 15.1. The number of rotatable bonds is 14. The van der Waals surface area contributed by atoms with Gasteiger partial charge in [-0.05, 0) is 97.3 Å². The number of benzene rings is 1. The third kappa shape index (κ3) is 10.3. The molecule has 1 aromatic rings. The van der Waals surface area contributed by atoms with Crippen molar-refractivity contribution in [3.8, 4) is 5.75 Å². The zero-order chi connectivity index (χ0) is 34.3. The lowest BCUT2D eigenvalue weighted by Crippen LogP contribution is -2.46. The maximum absolute atomic E-state index is 14.2. The minimum absolute atomic E-state index is 0.00237. The summed E-state index contributed by atoms with van der Waals surface area (Å²) in [7, 11) is 1.67. The van der Waals surface area contributed by atoms with E-state index in [2.05, 4.69) is 11.8 Å². The second-order valence-corrected chi connectivity index (χ2v) is 15.1. The number of hydrogen-bond acceptors (Lipinski definition) is 7. The number of carbonyl (C=O) groups is 3. The topological polar surface area (TPSA) is 109 Å². The smallest absolute Gasteiger partial charge is 0.410 e. The summed E-state index contributed by atoms with van der Waals surface area (Å²) in [5.74, 6) is 0.732. The van der Waals surface area contributed by atoms with Crippen LogP contribution in [0.1, 0.15) is 102 Å². The summed E-state index contributed by atoms with van der Waals surface area (Å²) in [4.78, 5) is 47.0. The Kier molecular flexibility index (Phi) is 13.0. The van der Waals surface area contributed by atoms with E-state index in [1.54, 1.807) is 12.0 Å². The van der Waals surface area contributed by atoms with Crippen LogP contribution in [0, 0.1) is 17.8 Å². The molecule has 3 fully saturated rings. The number of likely N-dealkylation sites (tertiary alicyclic amines) is 1. The lowest BCUT2D eigenvalue weighted by atomic mass is 9.86. The van der Waals surface area contributed by atoms with Gasteiger partial charge in [0.05, 0.1) is 12.7 Å². The van der Waals surface area contributed by atoms with Crippen LogP contribution in [0.2, 0.25) is 0 Å². The molecule has 0 spiro atoms. The minimum Gasteiger partial charge on any atom is -0.493 e. The van der Waals surface area contributed by atoms with Crippen LogP contribution in [0.25, 0.3) is 0 Å². The van der Waals surface area contributed by atoms with Crippen molar-refractivity contribution in [2.75, 3.05) is 46.5 Å². The van der Waals surface area contributed by atoms with Crippen molar-refractivity contribution in [3.05, 3.63) is 29.3 Å². The van der Waals surface area contributed by atoms with Crippen molar-refractivity contribution in [3.63, 3.8) is 0 Å². The van der Waals surface area contributed by atoms with Gasteiger partial charge in [-0.1, -0.05) is 13.0 Å². The quantitative estimate of drug-likeness (QED) is 0.262. The first-order valence-electron chi connectivity index (χ1n) is 17.8. The number of nitrogens with zero attached hydrogens (tertiary/aromatic N) is 3. The van der Waals surface area contributed by atoms with E-state index in [4.69, 9.17) is 14.2 Å². The summed E-state index contributed by atoms with van der Waals surface area (Å²) < 4.78 is 17.0. The van der Waals surface area contributed by atoms with Gasteiger partial charge in [0.15, 0.2) is 0 Å². The van der Waals surface area contributed by atoms with Crippen molar-refractivity contribution in [2.45, 2.75) is 117 Å².